The maximum atomic E-state index is 12.1. The highest BCUT2D eigenvalue weighted by atomic mass is 35.5. The van der Waals surface area contributed by atoms with Gasteiger partial charge >= 0.3 is 0 Å². The Balaban J connectivity index is 0.00000208. The monoisotopic (exact) mass is 350 g/mol. The van der Waals surface area contributed by atoms with Gasteiger partial charge in [0.25, 0.3) is 0 Å². The van der Waals surface area contributed by atoms with Crippen molar-refractivity contribution in [2.45, 2.75) is 32.7 Å². The quantitative estimate of drug-likeness (QED) is 0.833. The minimum atomic E-state index is 0. The summed E-state index contributed by atoms with van der Waals surface area (Å²) in [6.45, 7) is 4.79. The van der Waals surface area contributed by atoms with Gasteiger partial charge in [-0.05, 0) is 61.3 Å². The molecule has 1 aromatic carbocycles. The normalized spacial score (nSPS) is 16.6. The van der Waals surface area contributed by atoms with Crippen LogP contribution in [0.15, 0.2) is 24.3 Å². The van der Waals surface area contributed by atoms with Crippen molar-refractivity contribution in [1.29, 1.82) is 0 Å². The zero-order valence-corrected chi connectivity index (χ0v) is 14.6. The van der Waals surface area contributed by atoms with Crippen molar-refractivity contribution in [3.63, 3.8) is 0 Å². The number of aryl methyl sites for hydroxylation is 1. The van der Waals surface area contributed by atoms with Gasteiger partial charge in [-0.3, -0.25) is 4.79 Å². The molecular formula is C16H23ClN6O. The fraction of sp³-hybridized carbons (Fsp3) is 0.500. The van der Waals surface area contributed by atoms with E-state index in [1.165, 1.54) is 6.42 Å². The molecule has 1 aliphatic rings. The van der Waals surface area contributed by atoms with Crippen LogP contribution < -0.4 is 10.6 Å². The summed E-state index contributed by atoms with van der Waals surface area (Å²) in [5.74, 6) is 1.39. The van der Waals surface area contributed by atoms with Gasteiger partial charge in [0, 0.05) is 24.2 Å². The lowest BCUT2D eigenvalue weighted by Crippen LogP contribution is -2.15. The predicted octanol–water partition coefficient (Wildman–Crippen LogP) is 2.11. The summed E-state index contributed by atoms with van der Waals surface area (Å²) in [6.07, 6.45) is 2.66. The van der Waals surface area contributed by atoms with Gasteiger partial charge < -0.3 is 10.6 Å². The Morgan fingerprint density at radius 1 is 1.46 bits per heavy atom. The third kappa shape index (κ3) is 4.52. The molecule has 1 aliphatic heterocycles. The first kappa shape index (κ1) is 18.4. The number of anilines is 1. The second-order valence-electron chi connectivity index (χ2n) is 5.84. The summed E-state index contributed by atoms with van der Waals surface area (Å²) in [5.41, 5.74) is 1.68. The average molecular weight is 351 g/mol. The Morgan fingerprint density at radius 2 is 2.33 bits per heavy atom. The van der Waals surface area contributed by atoms with Gasteiger partial charge in [0.05, 0.1) is 0 Å². The number of rotatable bonds is 6. The van der Waals surface area contributed by atoms with Gasteiger partial charge in [-0.2, -0.15) is 0 Å². The molecule has 2 N–H and O–H groups in total. The molecule has 24 heavy (non-hydrogen) atoms. The van der Waals surface area contributed by atoms with E-state index in [-0.39, 0.29) is 18.3 Å². The van der Waals surface area contributed by atoms with E-state index in [0.29, 0.717) is 24.7 Å². The molecule has 0 aliphatic carbocycles. The molecule has 0 bridgehead atoms. The number of tetrazole rings is 1. The number of hydrogen-bond donors (Lipinski definition) is 2. The first-order valence-electron chi connectivity index (χ1n) is 8.13. The third-order valence-corrected chi connectivity index (χ3v) is 4.18. The molecule has 1 fully saturated rings. The molecule has 1 atom stereocenters. The number of nitrogens with one attached hydrogen (secondary N) is 2. The first-order chi connectivity index (χ1) is 11.3. The maximum absolute atomic E-state index is 12.1. The molecule has 1 aromatic heterocycles. The number of amides is 1. The Morgan fingerprint density at radius 3 is 3.08 bits per heavy atom. The molecule has 2 aromatic rings. The molecular weight excluding hydrogens is 328 g/mol. The van der Waals surface area contributed by atoms with Crippen LogP contribution in [0.5, 0.6) is 0 Å². The summed E-state index contributed by atoms with van der Waals surface area (Å²) in [4.78, 5) is 12.1. The zero-order chi connectivity index (χ0) is 16.1. The van der Waals surface area contributed by atoms with E-state index in [9.17, 15) is 4.79 Å². The number of benzene rings is 1. The van der Waals surface area contributed by atoms with E-state index < -0.39 is 0 Å². The Kier molecular flexibility index (Phi) is 6.69. The third-order valence-electron chi connectivity index (χ3n) is 4.18. The molecule has 8 heteroatoms. The molecule has 130 valence electrons. The molecule has 0 saturated carbocycles. The fourth-order valence-electron chi connectivity index (χ4n) is 2.88. The smallest absolute Gasteiger partial charge is 0.224 e. The maximum Gasteiger partial charge on any atom is 0.224 e. The van der Waals surface area contributed by atoms with Crippen LogP contribution in [-0.4, -0.2) is 39.2 Å². The highest BCUT2D eigenvalue weighted by Crippen LogP contribution is 2.21. The van der Waals surface area contributed by atoms with Crippen LogP contribution in [-0.2, 0) is 11.3 Å². The number of hydrogen-bond acceptors (Lipinski definition) is 5. The van der Waals surface area contributed by atoms with Gasteiger partial charge in [-0.1, -0.05) is 12.1 Å². The van der Waals surface area contributed by atoms with Crippen molar-refractivity contribution < 1.29 is 4.79 Å². The van der Waals surface area contributed by atoms with Crippen molar-refractivity contribution >= 4 is 24.0 Å². The summed E-state index contributed by atoms with van der Waals surface area (Å²) < 4.78 is 1.73. The Bertz CT molecular complexity index is 668. The second kappa shape index (κ2) is 8.75. The fourth-order valence-corrected chi connectivity index (χ4v) is 2.88. The molecule has 1 unspecified atom stereocenters. The van der Waals surface area contributed by atoms with E-state index in [2.05, 4.69) is 26.2 Å². The molecule has 1 amide bonds. The van der Waals surface area contributed by atoms with E-state index in [1.54, 1.807) is 4.68 Å². The largest absolute Gasteiger partial charge is 0.326 e. The SMILES string of the molecule is CCn1nnnc1-c1cccc(NC(=O)CCC2CCNC2)c1.Cl. The van der Waals surface area contributed by atoms with Crippen LogP contribution in [0.25, 0.3) is 11.4 Å². The number of nitrogens with zero attached hydrogens (tertiary/aromatic N) is 4. The van der Waals surface area contributed by atoms with Gasteiger partial charge in [0.15, 0.2) is 5.82 Å². The molecule has 3 rings (SSSR count). The van der Waals surface area contributed by atoms with E-state index in [4.69, 9.17) is 0 Å². The zero-order valence-electron chi connectivity index (χ0n) is 13.7. The lowest BCUT2D eigenvalue weighted by molar-refractivity contribution is -0.116. The van der Waals surface area contributed by atoms with Crippen molar-refractivity contribution in [3.05, 3.63) is 24.3 Å². The molecule has 7 nitrogen and oxygen atoms in total. The number of halogens is 1. The van der Waals surface area contributed by atoms with Gasteiger partial charge in [-0.25, -0.2) is 4.68 Å². The van der Waals surface area contributed by atoms with E-state index in [1.807, 2.05) is 31.2 Å². The minimum absolute atomic E-state index is 0. The van der Waals surface area contributed by atoms with Crippen molar-refractivity contribution in [2.75, 3.05) is 18.4 Å². The molecule has 2 heterocycles. The molecule has 1 saturated heterocycles. The summed E-state index contributed by atoms with van der Waals surface area (Å²) >= 11 is 0. The highest BCUT2D eigenvalue weighted by molar-refractivity contribution is 5.91. The number of aromatic nitrogens is 4. The highest BCUT2D eigenvalue weighted by Gasteiger charge is 2.16. The second-order valence-corrected chi connectivity index (χ2v) is 5.84. The van der Waals surface area contributed by atoms with Crippen LogP contribution in [0.4, 0.5) is 5.69 Å². The topological polar surface area (TPSA) is 84.7 Å². The Labute approximate surface area is 147 Å². The standard InChI is InChI=1S/C16H22N6O.ClH/c1-2-22-16(19-20-21-22)13-4-3-5-14(10-13)18-15(23)7-6-12-8-9-17-11-12;/h3-5,10,12,17H,2,6-9,11H2,1H3,(H,18,23);1H. The van der Waals surface area contributed by atoms with Crippen molar-refractivity contribution in [2.24, 2.45) is 5.92 Å². The van der Waals surface area contributed by atoms with Crippen molar-refractivity contribution in [3.8, 4) is 11.4 Å². The van der Waals surface area contributed by atoms with Crippen LogP contribution in [0.1, 0.15) is 26.2 Å². The van der Waals surface area contributed by atoms with Gasteiger partial charge in [0.2, 0.25) is 5.91 Å². The van der Waals surface area contributed by atoms with Crippen molar-refractivity contribution in [1.82, 2.24) is 25.5 Å². The van der Waals surface area contributed by atoms with Crippen LogP contribution >= 0.6 is 12.4 Å². The minimum Gasteiger partial charge on any atom is -0.326 e. The van der Waals surface area contributed by atoms with Crippen LogP contribution in [0, 0.1) is 5.92 Å². The lowest BCUT2D eigenvalue weighted by Gasteiger charge is -2.09. The van der Waals surface area contributed by atoms with Crippen LogP contribution in [0.3, 0.4) is 0 Å². The van der Waals surface area contributed by atoms with Gasteiger partial charge in [-0.15, -0.1) is 17.5 Å². The lowest BCUT2D eigenvalue weighted by atomic mass is 10.0. The van der Waals surface area contributed by atoms with E-state index in [0.717, 1.165) is 30.8 Å². The average Bonchev–Trinajstić information content (AvgIpc) is 3.24. The first-order valence-corrected chi connectivity index (χ1v) is 8.13. The molecule has 0 radical (unpaired) electrons. The van der Waals surface area contributed by atoms with E-state index >= 15 is 0 Å². The number of carbonyl (C=O) groups excluding carboxylic acids is 1. The Hall–Kier alpha value is -1.99. The number of carbonyl (C=O) groups is 1. The van der Waals surface area contributed by atoms with Gasteiger partial charge in [0.1, 0.15) is 0 Å². The van der Waals surface area contributed by atoms with Crippen LogP contribution in [0.2, 0.25) is 0 Å². The summed E-state index contributed by atoms with van der Waals surface area (Å²) in [6, 6.07) is 7.64. The molecule has 0 spiro atoms. The summed E-state index contributed by atoms with van der Waals surface area (Å²) in [5, 5.41) is 18.0. The summed E-state index contributed by atoms with van der Waals surface area (Å²) in [7, 11) is 0. The predicted molar refractivity (Wildman–Crippen MR) is 95.0 cm³/mol.